The maximum atomic E-state index is 11.1. The molecule has 1 unspecified atom stereocenters. The Labute approximate surface area is 101 Å². The Morgan fingerprint density at radius 1 is 1.24 bits per heavy atom. The van der Waals surface area contributed by atoms with E-state index in [9.17, 15) is 19.8 Å². The van der Waals surface area contributed by atoms with Gasteiger partial charge in [-0.25, -0.2) is 0 Å². The van der Waals surface area contributed by atoms with Crippen LogP contribution in [0.5, 0.6) is 0 Å². The van der Waals surface area contributed by atoms with Gasteiger partial charge in [-0.2, -0.15) is 0 Å². The Hall–Kier alpha value is -1.14. The van der Waals surface area contributed by atoms with Gasteiger partial charge in [-0.05, 0) is 33.1 Å². The van der Waals surface area contributed by atoms with Crippen molar-refractivity contribution in [2.45, 2.75) is 50.7 Å². The number of esters is 1. The van der Waals surface area contributed by atoms with E-state index in [0.717, 1.165) is 0 Å². The number of ether oxygens (including phenoxy) is 1. The lowest BCUT2D eigenvalue weighted by atomic mass is 9.89. The number of methoxy groups -OCH3 is 1. The van der Waals surface area contributed by atoms with Gasteiger partial charge in [-0.1, -0.05) is 0 Å². The average Bonchev–Trinajstić information content (AvgIpc) is 2.15. The van der Waals surface area contributed by atoms with Crippen LogP contribution in [0.2, 0.25) is 0 Å². The number of carbonyl (C=O) groups excluding carboxylic acids is 2. The summed E-state index contributed by atoms with van der Waals surface area (Å²) in [6.07, 6.45) is 0.315. The maximum Gasteiger partial charge on any atom is 0.308 e. The Bertz CT molecular complexity index is 284. The highest BCUT2D eigenvalue weighted by molar-refractivity contribution is 5.88. The molecule has 0 radical (unpaired) electrons. The van der Waals surface area contributed by atoms with Gasteiger partial charge >= 0.3 is 5.97 Å². The van der Waals surface area contributed by atoms with Gasteiger partial charge < -0.3 is 20.7 Å². The van der Waals surface area contributed by atoms with E-state index >= 15 is 0 Å². The molecule has 6 nitrogen and oxygen atoms in total. The maximum absolute atomic E-state index is 11.1. The number of primary amides is 1. The lowest BCUT2D eigenvalue weighted by molar-refractivity contribution is -0.153. The fourth-order valence-corrected chi connectivity index (χ4v) is 1.42. The highest BCUT2D eigenvalue weighted by Crippen LogP contribution is 2.22. The summed E-state index contributed by atoms with van der Waals surface area (Å²) in [5.41, 5.74) is 2.28. The molecule has 1 amide bonds. The second-order valence-corrected chi connectivity index (χ2v) is 4.81. The van der Waals surface area contributed by atoms with E-state index in [-0.39, 0.29) is 6.42 Å². The molecule has 0 aliphatic heterocycles. The minimum atomic E-state index is -1.90. The third-order valence-corrected chi connectivity index (χ3v) is 2.50. The fourth-order valence-electron chi connectivity index (χ4n) is 1.42. The highest BCUT2D eigenvalue weighted by atomic mass is 16.5. The molecule has 0 aromatic rings. The number of rotatable bonds is 7. The fraction of sp³-hybridized carbons (Fsp3) is 0.818. The van der Waals surface area contributed by atoms with Crippen LogP contribution in [0.25, 0.3) is 0 Å². The number of hydrogen-bond donors (Lipinski definition) is 3. The predicted octanol–water partition coefficient (Wildman–Crippen LogP) is -0.293. The number of carbonyl (C=O) groups is 2. The van der Waals surface area contributed by atoms with Crippen LogP contribution in [0.4, 0.5) is 0 Å². The van der Waals surface area contributed by atoms with Gasteiger partial charge in [0.25, 0.3) is 0 Å². The van der Waals surface area contributed by atoms with E-state index in [1.165, 1.54) is 7.11 Å². The first kappa shape index (κ1) is 15.9. The molecule has 0 aliphatic carbocycles. The molecular weight excluding hydrogens is 226 g/mol. The largest absolute Gasteiger partial charge is 0.469 e. The van der Waals surface area contributed by atoms with E-state index in [4.69, 9.17) is 5.73 Å². The van der Waals surface area contributed by atoms with Gasteiger partial charge in [0.05, 0.1) is 19.1 Å². The molecule has 100 valence electrons. The summed E-state index contributed by atoms with van der Waals surface area (Å²) in [5, 5.41) is 19.4. The number of aliphatic hydroxyl groups is 2. The summed E-state index contributed by atoms with van der Waals surface area (Å²) in [6.45, 7) is 3.24. The number of hydrogen-bond acceptors (Lipinski definition) is 5. The smallest absolute Gasteiger partial charge is 0.308 e. The molecule has 1 atom stereocenters. The van der Waals surface area contributed by atoms with Crippen LogP contribution in [0.1, 0.15) is 39.5 Å². The van der Waals surface area contributed by atoms with Crippen LogP contribution < -0.4 is 5.73 Å². The molecule has 0 rings (SSSR count). The topological polar surface area (TPSA) is 110 Å². The molecule has 4 N–H and O–H groups in total. The van der Waals surface area contributed by atoms with E-state index < -0.39 is 29.5 Å². The third-order valence-electron chi connectivity index (χ3n) is 2.50. The van der Waals surface area contributed by atoms with Crippen molar-refractivity contribution in [3.63, 3.8) is 0 Å². The van der Waals surface area contributed by atoms with Gasteiger partial charge in [0.15, 0.2) is 5.60 Å². The summed E-state index contributed by atoms with van der Waals surface area (Å²) in [5.74, 6) is -1.66. The first-order valence-electron chi connectivity index (χ1n) is 5.42. The monoisotopic (exact) mass is 247 g/mol. The summed E-state index contributed by atoms with van der Waals surface area (Å²) < 4.78 is 4.39. The molecule has 0 fully saturated rings. The van der Waals surface area contributed by atoms with Crippen molar-refractivity contribution >= 4 is 11.9 Å². The van der Waals surface area contributed by atoms with Crippen LogP contribution in [0.3, 0.4) is 0 Å². The van der Waals surface area contributed by atoms with Crippen LogP contribution >= 0.6 is 0 Å². The zero-order chi connectivity index (χ0) is 13.7. The molecule has 0 saturated heterocycles. The highest BCUT2D eigenvalue weighted by Gasteiger charge is 2.36. The minimum absolute atomic E-state index is 0.0153. The Kier molecular flexibility index (Phi) is 5.57. The SMILES string of the molecule is COC(=O)CC(O)(CCCC(C)(C)O)C(N)=O. The van der Waals surface area contributed by atoms with Gasteiger partial charge in [0.2, 0.25) is 5.91 Å². The zero-order valence-electron chi connectivity index (χ0n) is 10.5. The molecule has 0 spiro atoms. The quantitative estimate of drug-likeness (QED) is 0.535. The van der Waals surface area contributed by atoms with Gasteiger partial charge in [0.1, 0.15) is 0 Å². The number of nitrogens with two attached hydrogens (primary N) is 1. The van der Waals surface area contributed by atoms with Crippen LogP contribution in [0, 0.1) is 0 Å². The summed E-state index contributed by atoms with van der Waals surface area (Å²) >= 11 is 0. The van der Waals surface area contributed by atoms with E-state index in [0.29, 0.717) is 12.8 Å². The van der Waals surface area contributed by atoms with Crippen molar-refractivity contribution in [3.8, 4) is 0 Å². The van der Waals surface area contributed by atoms with Gasteiger partial charge in [-0.3, -0.25) is 9.59 Å². The lowest BCUT2D eigenvalue weighted by Gasteiger charge is -2.25. The van der Waals surface area contributed by atoms with Crippen molar-refractivity contribution < 1.29 is 24.5 Å². The normalized spacial score (nSPS) is 15.1. The first-order valence-corrected chi connectivity index (χ1v) is 5.42. The number of amides is 1. The van der Waals surface area contributed by atoms with Crippen molar-refractivity contribution in [2.75, 3.05) is 7.11 Å². The van der Waals surface area contributed by atoms with Crippen molar-refractivity contribution in [1.29, 1.82) is 0 Å². The molecule has 0 heterocycles. The summed E-state index contributed by atoms with van der Waals surface area (Å²) in [4.78, 5) is 22.2. The first-order chi connectivity index (χ1) is 7.60. The molecule has 6 heteroatoms. The third kappa shape index (κ3) is 6.23. The molecular formula is C11H21NO5. The Morgan fingerprint density at radius 2 is 1.76 bits per heavy atom. The Balaban J connectivity index is 4.42. The standard InChI is InChI=1S/C11H21NO5/c1-10(2,15)5-4-6-11(16,9(12)14)7-8(13)17-3/h15-16H,4-7H2,1-3H3,(H2,12,14). The van der Waals surface area contributed by atoms with Crippen LogP contribution in [-0.4, -0.2) is 40.4 Å². The predicted molar refractivity (Wildman–Crippen MR) is 60.9 cm³/mol. The lowest BCUT2D eigenvalue weighted by Crippen LogP contribution is -2.46. The molecule has 0 bridgehead atoms. The van der Waals surface area contributed by atoms with E-state index in [2.05, 4.69) is 4.74 Å². The summed E-state index contributed by atoms with van der Waals surface area (Å²) in [6, 6.07) is 0. The van der Waals surface area contributed by atoms with Crippen molar-refractivity contribution in [2.24, 2.45) is 5.73 Å². The Morgan fingerprint density at radius 3 is 2.12 bits per heavy atom. The van der Waals surface area contributed by atoms with Crippen molar-refractivity contribution in [3.05, 3.63) is 0 Å². The van der Waals surface area contributed by atoms with Crippen LogP contribution in [-0.2, 0) is 14.3 Å². The zero-order valence-corrected chi connectivity index (χ0v) is 10.5. The second-order valence-electron chi connectivity index (χ2n) is 4.81. The van der Waals surface area contributed by atoms with Crippen LogP contribution in [0.15, 0.2) is 0 Å². The van der Waals surface area contributed by atoms with E-state index in [1.54, 1.807) is 13.8 Å². The molecule has 0 saturated carbocycles. The second kappa shape index (κ2) is 5.97. The molecule has 0 aromatic heterocycles. The average molecular weight is 247 g/mol. The van der Waals surface area contributed by atoms with E-state index in [1.807, 2.05) is 0 Å². The molecule has 0 aromatic carbocycles. The van der Waals surface area contributed by atoms with Gasteiger partial charge in [0, 0.05) is 0 Å². The van der Waals surface area contributed by atoms with Crippen molar-refractivity contribution in [1.82, 2.24) is 0 Å². The minimum Gasteiger partial charge on any atom is -0.469 e. The summed E-state index contributed by atoms with van der Waals surface area (Å²) in [7, 11) is 1.17. The molecule has 17 heavy (non-hydrogen) atoms. The van der Waals surface area contributed by atoms with Gasteiger partial charge in [-0.15, -0.1) is 0 Å². The molecule has 0 aliphatic rings.